The second kappa shape index (κ2) is 8.59. The molecule has 1 aromatic carbocycles. The van der Waals surface area contributed by atoms with E-state index in [1.54, 1.807) is 0 Å². The van der Waals surface area contributed by atoms with Gasteiger partial charge in [-0.2, -0.15) is 0 Å². The normalized spacial score (nSPS) is 15.0. The fourth-order valence-corrected chi connectivity index (χ4v) is 4.47. The molecule has 1 aliphatic rings. The van der Waals surface area contributed by atoms with Gasteiger partial charge in [0.25, 0.3) is 5.91 Å². The number of fused-ring (bicyclic) bond motifs is 1. The lowest BCUT2D eigenvalue weighted by molar-refractivity contribution is 0.0660. The Balaban J connectivity index is 1.43. The average Bonchev–Trinajstić information content (AvgIpc) is 3.44. The zero-order chi connectivity index (χ0) is 22.1. The first-order chi connectivity index (χ1) is 15.6. The topological polar surface area (TPSA) is 58.7 Å². The largest absolute Gasteiger partial charge is 0.337 e. The molecule has 0 unspecified atom stereocenters. The van der Waals surface area contributed by atoms with Gasteiger partial charge in [0.15, 0.2) is 11.5 Å². The summed E-state index contributed by atoms with van der Waals surface area (Å²) in [7, 11) is 4.21. The molecule has 0 radical (unpaired) electrons. The Labute approximate surface area is 187 Å². The van der Waals surface area contributed by atoms with Gasteiger partial charge < -0.3 is 14.4 Å². The van der Waals surface area contributed by atoms with Gasteiger partial charge in [-0.3, -0.25) is 9.20 Å². The van der Waals surface area contributed by atoms with Gasteiger partial charge in [-0.1, -0.05) is 36.4 Å². The Hall–Kier alpha value is -3.45. The van der Waals surface area contributed by atoms with E-state index >= 15 is 0 Å². The highest BCUT2D eigenvalue weighted by atomic mass is 16.2. The van der Waals surface area contributed by atoms with Crippen LogP contribution in [0, 0.1) is 0 Å². The minimum Gasteiger partial charge on any atom is -0.337 e. The molecule has 5 rings (SSSR count). The molecule has 7 heteroatoms. The Morgan fingerprint density at radius 1 is 1.06 bits per heavy atom. The molecule has 0 bridgehead atoms. The van der Waals surface area contributed by atoms with Gasteiger partial charge in [0.2, 0.25) is 0 Å². The molecule has 4 aromatic rings. The number of benzene rings is 1. The van der Waals surface area contributed by atoms with Crippen molar-refractivity contribution in [2.45, 2.75) is 25.4 Å². The minimum atomic E-state index is 0.000810. The van der Waals surface area contributed by atoms with Crippen LogP contribution in [0.1, 0.15) is 28.9 Å². The molecular formula is C25H28N6O. The molecule has 0 atom stereocenters. The smallest absolute Gasteiger partial charge is 0.274 e. The molecular weight excluding hydrogens is 400 g/mol. The minimum absolute atomic E-state index is 0.000810. The van der Waals surface area contributed by atoms with Gasteiger partial charge >= 0.3 is 0 Å². The average molecular weight is 429 g/mol. The van der Waals surface area contributed by atoms with Crippen molar-refractivity contribution < 1.29 is 4.79 Å². The van der Waals surface area contributed by atoms with E-state index in [1.165, 1.54) is 5.56 Å². The predicted octanol–water partition coefficient (Wildman–Crippen LogP) is 3.41. The van der Waals surface area contributed by atoms with Crippen LogP contribution in [0.25, 0.3) is 17.0 Å². The third-order valence-electron chi connectivity index (χ3n) is 6.30. The van der Waals surface area contributed by atoms with Crippen molar-refractivity contribution in [3.05, 3.63) is 78.5 Å². The monoisotopic (exact) mass is 428 g/mol. The summed E-state index contributed by atoms with van der Waals surface area (Å²) in [6, 6.07) is 16.7. The van der Waals surface area contributed by atoms with Gasteiger partial charge in [0, 0.05) is 38.1 Å². The van der Waals surface area contributed by atoms with Crippen molar-refractivity contribution in [2.75, 3.05) is 27.2 Å². The molecule has 32 heavy (non-hydrogen) atoms. The number of rotatable bonds is 5. The molecule has 1 amide bonds. The van der Waals surface area contributed by atoms with Crippen LogP contribution in [-0.2, 0) is 6.54 Å². The summed E-state index contributed by atoms with van der Waals surface area (Å²) < 4.78 is 4.01. The quantitative estimate of drug-likeness (QED) is 0.489. The standard InChI is InChI=1S/C25H28N6O/c1-28(2)20-11-14-30(15-12-20)25(32)23-22-10-6-7-13-31(22)24(27-23)21-17-29(18-26-21)16-19-8-4-3-5-9-19/h3-10,13,17-18,20H,11-12,14-16H2,1-2H3. The maximum Gasteiger partial charge on any atom is 0.274 e. The van der Waals surface area contributed by atoms with Crippen LogP contribution in [0.5, 0.6) is 0 Å². The summed E-state index contributed by atoms with van der Waals surface area (Å²) in [6.07, 6.45) is 7.73. The van der Waals surface area contributed by atoms with E-state index in [1.807, 2.05) is 69.0 Å². The number of imidazole rings is 2. The zero-order valence-corrected chi connectivity index (χ0v) is 18.6. The molecule has 3 aromatic heterocycles. The SMILES string of the molecule is CN(C)C1CCN(C(=O)c2nc(-c3cn(Cc4ccccc4)cn3)n3ccccc23)CC1. The molecule has 4 heterocycles. The van der Waals surface area contributed by atoms with Crippen LogP contribution < -0.4 is 0 Å². The first kappa shape index (κ1) is 20.5. The first-order valence-corrected chi connectivity index (χ1v) is 11.1. The fraction of sp³-hybridized carbons (Fsp3) is 0.320. The predicted molar refractivity (Wildman–Crippen MR) is 125 cm³/mol. The molecule has 164 valence electrons. The van der Waals surface area contributed by atoms with E-state index in [0.717, 1.165) is 43.7 Å². The number of amides is 1. The lowest BCUT2D eigenvalue weighted by Gasteiger charge is -2.34. The van der Waals surface area contributed by atoms with Crippen molar-refractivity contribution in [3.63, 3.8) is 0 Å². The molecule has 1 aliphatic heterocycles. The second-order valence-corrected chi connectivity index (χ2v) is 8.64. The van der Waals surface area contributed by atoms with E-state index < -0.39 is 0 Å². The maximum absolute atomic E-state index is 13.4. The van der Waals surface area contributed by atoms with Crippen molar-refractivity contribution in [2.24, 2.45) is 0 Å². The Bertz CT molecular complexity index is 1220. The van der Waals surface area contributed by atoms with E-state index in [9.17, 15) is 4.79 Å². The second-order valence-electron chi connectivity index (χ2n) is 8.64. The summed E-state index contributed by atoms with van der Waals surface area (Å²) in [6.45, 7) is 2.26. The van der Waals surface area contributed by atoms with E-state index in [4.69, 9.17) is 4.98 Å². The summed E-state index contributed by atoms with van der Waals surface area (Å²) >= 11 is 0. The summed E-state index contributed by atoms with van der Waals surface area (Å²) in [5.41, 5.74) is 3.29. The number of hydrogen-bond donors (Lipinski definition) is 0. The number of likely N-dealkylation sites (tertiary alicyclic amines) is 1. The van der Waals surface area contributed by atoms with Crippen LogP contribution in [0.2, 0.25) is 0 Å². The number of pyridine rings is 1. The van der Waals surface area contributed by atoms with Crippen LogP contribution in [-0.4, -0.2) is 67.9 Å². The summed E-state index contributed by atoms with van der Waals surface area (Å²) in [5, 5.41) is 0. The highest BCUT2D eigenvalue weighted by Crippen LogP contribution is 2.24. The van der Waals surface area contributed by atoms with Gasteiger partial charge in [0.1, 0.15) is 5.69 Å². The lowest BCUT2D eigenvalue weighted by Crippen LogP contribution is -2.44. The molecule has 1 fully saturated rings. The molecule has 0 aliphatic carbocycles. The fourth-order valence-electron chi connectivity index (χ4n) is 4.47. The Morgan fingerprint density at radius 3 is 2.56 bits per heavy atom. The summed E-state index contributed by atoms with van der Waals surface area (Å²) in [4.78, 5) is 27.0. The van der Waals surface area contributed by atoms with E-state index in [0.29, 0.717) is 17.6 Å². The highest BCUT2D eigenvalue weighted by Gasteiger charge is 2.28. The first-order valence-electron chi connectivity index (χ1n) is 11.1. The molecule has 0 spiro atoms. The zero-order valence-electron chi connectivity index (χ0n) is 18.6. The maximum atomic E-state index is 13.4. The van der Waals surface area contributed by atoms with Crippen LogP contribution in [0.4, 0.5) is 0 Å². The van der Waals surface area contributed by atoms with Crippen molar-refractivity contribution in [3.8, 4) is 11.5 Å². The van der Waals surface area contributed by atoms with Crippen LogP contribution in [0.3, 0.4) is 0 Å². The van der Waals surface area contributed by atoms with Gasteiger partial charge in [-0.05, 0) is 44.6 Å². The Kier molecular flexibility index (Phi) is 5.49. The summed E-state index contributed by atoms with van der Waals surface area (Å²) in [5.74, 6) is 0.694. The lowest BCUT2D eigenvalue weighted by atomic mass is 10.0. The van der Waals surface area contributed by atoms with Crippen molar-refractivity contribution in [1.29, 1.82) is 0 Å². The number of aromatic nitrogens is 4. The molecule has 0 N–H and O–H groups in total. The third-order valence-corrected chi connectivity index (χ3v) is 6.30. The van der Waals surface area contributed by atoms with E-state index in [2.05, 4.69) is 36.1 Å². The molecule has 1 saturated heterocycles. The van der Waals surface area contributed by atoms with Gasteiger partial charge in [-0.25, -0.2) is 9.97 Å². The van der Waals surface area contributed by atoms with Crippen molar-refractivity contribution in [1.82, 2.24) is 28.7 Å². The Morgan fingerprint density at radius 2 is 1.81 bits per heavy atom. The molecule has 7 nitrogen and oxygen atoms in total. The number of nitrogens with zero attached hydrogens (tertiary/aromatic N) is 6. The molecule has 0 saturated carbocycles. The van der Waals surface area contributed by atoms with Crippen LogP contribution >= 0.6 is 0 Å². The van der Waals surface area contributed by atoms with Gasteiger partial charge in [0.05, 0.1) is 11.8 Å². The number of carbonyl (C=O) groups is 1. The van der Waals surface area contributed by atoms with E-state index in [-0.39, 0.29) is 5.91 Å². The highest BCUT2D eigenvalue weighted by molar-refractivity contribution is 6.00. The van der Waals surface area contributed by atoms with Gasteiger partial charge in [-0.15, -0.1) is 0 Å². The number of carbonyl (C=O) groups excluding carboxylic acids is 1. The number of hydrogen-bond acceptors (Lipinski definition) is 4. The van der Waals surface area contributed by atoms with Crippen molar-refractivity contribution >= 4 is 11.4 Å². The third kappa shape index (κ3) is 3.91. The van der Waals surface area contributed by atoms with Crippen LogP contribution in [0.15, 0.2) is 67.3 Å². The number of piperidine rings is 1.